The van der Waals surface area contributed by atoms with E-state index >= 15 is 0 Å². The van der Waals surface area contributed by atoms with E-state index in [1.807, 2.05) is 66.7 Å². The van der Waals surface area contributed by atoms with Crippen LogP contribution < -0.4 is 14.4 Å². The molecular formula is C47H44N3O7S2+. The van der Waals surface area contributed by atoms with Crippen LogP contribution in [0.5, 0.6) is 0 Å². The van der Waals surface area contributed by atoms with Gasteiger partial charge in [-0.2, -0.15) is 4.57 Å². The number of rotatable bonds is 16. The molecule has 1 aliphatic heterocycles. The summed E-state index contributed by atoms with van der Waals surface area (Å²) in [6.07, 6.45) is 11.0. The number of aliphatic carboxylic acids is 2. The number of aryl methyl sites for hydroxylation is 1. The average molecular weight is 827 g/mol. The van der Waals surface area contributed by atoms with Gasteiger partial charge in [0.15, 0.2) is 12.3 Å². The molecule has 12 heteroatoms. The van der Waals surface area contributed by atoms with Crippen molar-refractivity contribution in [1.29, 1.82) is 0 Å². The zero-order valence-electron chi connectivity index (χ0n) is 32.8. The lowest BCUT2D eigenvalue weighted by Gasteiger charge is -2.28. The Labute approximate surface area is 351 Å². The number of fused-ring (bicyclic) bond motifs is 2. The third kappa shape index (κ3) is 9.40. The van der Waals surface area contributed by atoms with E-state index in [1.54, 1.807) is 36.1 Å². The highest BCUT2D eigenvalue weighted by Crippen LogP contribution is 2.47. The fourth-order valence-corrected chi connectivity index (χ4v) is 9.52. The molecule has 5 aromatic rings. The first kappa shape index (κ1) is 40.9. The van der Waals surface area contributed by atoms with E-state index in [1.165, 1.54) is 7.11 Å². The minimum absolute atomic E-state index is 0.0184. The van der Waals surface area contributed by atoms with E-state index in [0.717, 1.165) is 71.9 Å². The summed E-state index contributed by atoms with van der Waals surface area (Å²) in [6, 6.07) is 31.6. The number of thioether (sulfide) groups is 1. The number of carbonyl (C=O) groups is 4. The summed E-state index contributed by atoms with van der Waals surface area (Å²) in [6.45, 7) is 2.49. The van der Waals surface area contributed by atoms with Crippen molar-refractivity contribution in [3.63, 3.8) is 0 Å². The molecule has 0 saturated heterocycles. The maximum absolute atomic E-state index is 12.5. The second-order valence-corrected chi connectivity index (χ2v) is 16.3. The summed E-state index contributed by atoms with van der Waals surface area (Å²) in [4.78, 5) is 53.2. The first-order valence-electron chi connectivity index (χ1n) is 19.4. The maximum Gasteiger partial charge on any atom is 0.338 e. The van der Waals surface area contributed by atoms with Crippen LogP contribution in [0.15, 0.2) is 142 Å². The number of thiazole rings is 1. The Kier molecular flexibility index (Phi) is 12.9. The van der Waals surface area contributed by atoms with Crippen LogP contribution in [-0.4, -0.2) is 47.6 Å². The van der Waals surface area contributed by atoms with Gasteiger partial charge >= 0.3 is 17.9 Å². The topological polar surface area (TPSA) is 128 Å². The Morgan fingerprint density at radius 3 is 2.15 bits per heavy atom. The number of hydrogen-bond acceptors (Lipinski definition) is 9. The fraction of sp³-hybridized carbons (Fsp3) is 0.213. The highest BCUT2D eigenvalue weighted by atomic mass is 32.2. The number of carboxylic acids is 2. The summed E-state index contributed by atoms with van der Waals surface area (Å²) in [7, 11) is 1.35. The quantitative estimate of drug-likeness (QED) is 0.0564. The summed E-state index contributed by atoms with van der Waals surface area (Å²) >= 11 is 3.19. The Bertz CT molecular complexity index is 2500. The molecule has 2 aliphatic rings. The first-order chi connectivity index (χ1) is 28.6. The molecule has 0 atom stereocenters. The van der Waals surface area contributed by atoms with Gasteiger partial charge in [-0.15, -0.1) is 0 Å². The van der Waals surface area contributed by atoms with Crippen LogP contribution in [0.2, 0.25) is 0 Å². The number of esters is 1. The van der Waals surface area contributed by atoms with Crippen LogP contribution in [0.25, 0.3) is 16.3 Å². The molecule has 0 bridgehead atoms. The number of allylic oxidation sites excluding steroid dienone is 5. The number of Topliss-reactive ketones (excluding diaryl/α,β-unsaturated/α-hetero) is 1. The molecule has 2 N–H and O–H groups in total. The van der Waals surface area contributed by atoms with Crippen LogP contribution in [0.3, 0.4) is 0 Å². The van der Waals surface area contributed by atoms with Crippen molar-refractivity contribution in [1.82, 2.24) is 0 Å². The molecule has 0 unspecified atom stereocenters. The van der Waals surface area contributed by atoms with Gasteiger partial charge in [0.1, 0.15) is 4.70 Å². The van der Waals surface area contributed by atoms with Crippen LogP contribution in [0.4, 0.5) is 17.1 Å². The SMILES string of the molecule is COC(=O)c1ccc2sc(/C=C/C3=C(N(c4ccccc4)c4ccccc4)C(=C/C=C4\Sc5ccc(C(C)=O)cc5N4CCCC(=O)O)/CC3)[n+](CCCC(=O)O)c2c1. The van der Waals surface area contributed by atoms with Gasteiger partial charge in [-0.3, -0.25) is 14.4 Å². The lowest BCUT2D eigenvalue weighted by molar-refractivity contribution is -0.669. The summed E-state index contributed by atoms with van der Waals surface area (Å²) < 4.78 is 8.05. The molecule has 7 rings (SSSR count). The molecule has 0 amide bonds. The number of ether oxygens (including phenoxy) is 1. The van der Waals surface area contributed by atoms with Crippen molar-refractivity contribution < 1.29 is 38.7 Å². The standard InChI is InChI=1S/C47H43N3O7S2/c1-31(51)34-19-23-40-38(29-34)48(27-9-15-44(52)53)42(58-40)25-21-32-17-18-33(46(32)50(36-11-5-3-6-12-36)37-13-7-4-8-14-37)22-26-43-49(28-10-16-45(54)55)39-30-35(47(56)57-2)20-24-41(39)59-43/h3-8,11-14,19-26,29-30H,9-10,15-18,27-28H2,1-2H3,(H-,52,53,54,55)/p+1. The molecule has 300 valence electrons. The number of hydrogen-bond donors (Lipinski definition) is 2. The molecule has 59 heavy (non-hydrogen) atoms. The van der Waals surface area contributed by atoms with Crippen LogP contribution >= 0.6 is 23.1 Å². The van der Waals surface area contributed by atoms with E-state index in [0.29, 0.717) is 37.1 Å². The average Bonchev–Trinajstić information content (AvgIpc) is 3.91. The Morgan fingerprint density at radius 2 is 1.49 bits per heavy atom. The van der Waals surface area contributed by atoms with Crippen molar-refractivity contribution in [3.8, 4) is 0 Å². The highest BCUT2D eigenvalue weighted by Gasteiger charge is 2.29. The molecule has 0 fully saturated rings. The van der Waals surface area contributed by atoms with Gasteiger partial charge in [0.2, 0.25) is 5.52 Å². The summed E-state index contributed by atoms with van der Waals surface area (Å²) in [5.41, 5.74) is 8.03. The number of aromatic nitrogens is 1. The number of methoxy groups -OCH3 is 1. The Hall–Kier alpha value is -6.24. The predicted molar refractivity (Wildman–Crippen MR) is 233 cm³/mol. The van der Waals surface area contributed by atoms with E-state index in [2.05, 4.69) is 62.9 Å². The number of carbonyl (C=O) groups excluding carboxylic acids is 2. The monoisotopic (exact) mass is 826 g/mol. The van der Waals surface area contributed by atoms with Gasteiger partial charge in [-0.05, 0) is 98.0 Å². The van der Waals surface area contributed by atoms with E-state index in [-0.39, 0.29) is 18.6 Å². The van der Waals surface area contributed by atoms with E-state index in [9.17, 15) is 29.4 Å². The predicted octanol–water partition coefficient (Wildman–Crippen LogP) is 10.2. The lowest BCUT2D eigenvalue weighted by Crippen LogP contribution is -2.35. The lowest BCUT2D eigenvalue weighted by atomic mass is 10.1. The van der Waals surface area contributed by atoms with Gasteiger partial charge in [0.25, 0.3) is 5.01 Å². The molecule has 2 heterocycles. The van der Waals surface area contributed by atoms with Gasteiger partial charge < -0.3 is 24.7 Å². The van der Waals surface area contributed by atoms with Crippen molar-refractivity contribution >= 4 is 80.1 Å². The number of para-hydroxylation sites is 2. The summed E-state index contributed by atoms with van der Waals surface area (Å²) in [5.74, 6) is -2.18. The summed E-state index contributed by atoms with van der Waals surface area (Å²) in [5, 5.41) is 20.7. The number of carboxylic acid groups (broad SMARTS) is 2. The van der Waals surface area contributed by atoms with Crippen LogP contribution in [0, 0.1) is 0 Å². The highest BCUT2D eigenvalue weighted by molar-refractivity contribution is 8.03. The molecular weight excluding hydrogens is 783 g/mol. The zero-order chi connectivity index (χ0) is 41.5. The molecule has 4 aromatic carbocycles. The van der Waals surface area contributed by atoms with Crippen LogP contribution in [-0.2, 0) is 20.9 Å². The molecule has 0 saturated carbocycles. The molecule has 1 aliphatic carbocycles. The minimum atomic E-state index is -0.862. The van der Waals surface area contributed by atoms with Gasteiger partial charge in [0, 0.05) is 53.4 Å². The fourth-order valence-electron chi connectivity index (χ4n) is 7.38. The number of nitrogens with zero attached hydrogens (tertiary/aromatic N) is 3. The number of benzene rings is 4. The van der Waals surface area contributed by atoms with Crippen molar-refractivity contribution in [2.75, 3.05) is 23.5 Å². The van der Waals surface area contributed by atoms with Crippen molar-refractivity contribution in [3.05, 3.63) is 153 Å². The second-order valence-electron chi connectivity index (χ2n) is 14.2. The van der Waals surface area contributed by atoms with Crippen molar-refractivity contribution in [2.45, 2.75) is 56.9 Å². The largest absolute Gasteiger partial charge is 0.481 e. The minimum Gasteiger partial charge on any atom is -0.481 e. The maximum atomic E-state index is 12.5. The Balaban J connectivity index is 1.35. The smallest absolute Gasteiger partial charge is 0.338 e. The van der Waals surface area contributed by atoms with Gasteiger partial charge in [0.05, 0.1) is 35.5 Å². The third-order valence-electron chi connectivity index (χ3n) is 10.2. The van der Waals surface area contributed by atoms with Crippen LogP contribution in [0.1, 0.15) is 71.2 Å². The molecule has 10 nitrogen and oxygen atoms in total. The number of anilines is 3. The molecule has 1 aromatic heterocycles. The molecule has 0 radical (unpaired) electrons. The second kappa shape index (κ2) is 18.6. The normalized spacial score (nSPS) is 15.1. The third-order valence-corrected chi connectivity index (χ3v) is 12.5. The van der Waals surface area contributed by atoms with E-state index < -0.39 is 17.9 Å². The number of ketones is 1. The van der Waals surface area contributed by atoms with Gasteiger partial charge in [-0.25, -0.2) is 4.79 Å². The zero-order valence-corrected chi connectivity index (χ0v) is 34.4. The van der Waals surface area contributed by atoms with Crippen molar-refractivity contribution in [2.24, 2.45) is 0 Å². The molecule has 0 spiro atoms. The first-order valence-corrected chi connectivity index (χ1v) is 21.1. The van der Waals surface area contributed by atoms with Gasteiger partial charge in [-0.1, -0.05) is 71.6 Å². The Morgan fingerprint density at radius 1 is 0.814 bits per heavy atom. The van der Waals surface area contributed by atoms with E-state index in [4.69, 9.17) is 4.74 Å².